The predicted octanol–water partition coefficient (Wildman–Crippen LogP) is 2.31. The lowest BCUT2D eigenvalue weighted by atomic mass is 9.83. The van der Waals surface area contributed by atoms with E-state index in [0.717, 1.165) is 24.6 Å². The zero-order chi connectivity index (χ0) is 16.4. The van der Waals surface area contributed by atoms with Crippen LogP contribution in [0.2, 0.25) is 0 Å². The topological polar surface area (TPSA) is 40.6 Å². The van der Waals surface area contributed by atoms with E-state index in [4.69, 9.17) is 0 Å². The normalized spacial score (nSPS) is 25.6. The maximum Gasteiger partial charge on any atom is 0.228 e. The monoisotopic (exact) mass is 336 g/mol. The van der Waals surface area contributed by atoms with E-state index in [1.54, 1.807) is 24.1 Å². The number of halogens is 1. The zero-order valence-electron chi connectivity index (χ0n) is 13.2. The number of nitrogens with zero attached hydrogens (tertiary/aromatic N) is 2. The summed E-state index contributed by atoms with van der Waals surface area (Å²) in [5.41, 5.74) is 0.699. The Morgan fingerprint density at radius 3 is 2.74 bits per heavy atom. The summed E-state index contributed by atoms with van der Waals surface area (Å²) in [5.74, 6) is 1.39. The highest BCUT2D eigenvalue weighted by Gasteiger charge is 2.40. The summed E-state index contributed by atoms with van der Waals surface area (Å²) in [5, 5.41) is 0. The van der Waals surface area contributed by atoms with Crippen molar-refractivity contribution >= 4 is 23.6 Å². The van der Waals surface area contributed by atoms with Crippen molar-refractivity contribution in [2.24, 2.45) is 5.92 Å². The van der Waals surface area contributed by atoms with Gasteiger partial charge in [0.2, 0.25) is 11.8 Å². The molecule has 2 fully saturated rings. The van der Waals surface area contributed by atoms with E-state index in [1.165, 1.54) is 12.1 Å². The van der Waals surface area contributed by atoms with E-state index in [9.17, 15) is 14.0 Å². The maximum atomic E-state index is 13.6. The van der Waals surface area contributed by atoms with E-state index in [1.807, 2.05) is 16.7 Å². The van der Waals surface area contributed by atoms with Gasteiger partial charge in [0.15, 0.2) is 0 Å². The van der Waals surface area contributed by atoms with Gasteiger partial charge in [0, 0.05) is 38.1 Å². The number of amides is 2. The van der Waals surface area contributed by atoms with Crippen molar-refractivity contribution in [3.8, 4) is 0 Å². The Kier molecular flexibility index (Phi) is 4.90. The highest BCUT2D eigenvalue weighted by molar-refractivity contribution is 7.99. The van der Waals surface area contributed by atoms with Gasteiger partial charge in [0.25, 0.3) is 0 Å². The standard InChI is InChI=1S/C17H21FN2O2S/c1-19-15(21)6-5-14(17(22)20-7-9-23-10-8-20)16(19)12-3-2-4-13(18)11-12/h2-4,11,14,16H,5-10H2,1H3/t14-,16-/m1/s1. The van der Waals surface area contributed by atoms with Crippen molar-refractivity contribution in [1.82, 2.24) is 9.80 Å². The number of carbonyl (C=O) groups is 2. The number of thioether (sulfide) groups is 1. The summed E-state index contributed by atoms with van der Waals surface area (Å²) in [6.45, 7) is 1.51. The van der Waals surface area contributed by atoms with Gasteiger partial charge in [-0.25, -0.2) is 4.39 Å². The molecule has 23 heavy (non-hydrogen) atoms. The van der Waals surface area contributed by atoms with Crippen molar-refractivity contribution < 1.29 is 14.0 Å². The van der Waals surface area contributed by atoms with Gasteiger partial charge in [-0.15, -0.1) is 0 Å². The van der Waals surface area contributed by atoms with Gasteiger partial charge in [-0.1, -0.05) is 12.1 Å². The molecule has 1 aromatic carbocycles. The molecule has 4 nitrogen and oxygen atoms in total. The molecule has 1 aromatic rings. The van der Waals surface area contributed by atoms with Gasteiger partial charge < -0.3 is 9.80 Å². The molecule has 2 heterocycles. The van der Waals surface area contributed by atoms with Crippen molar-refractivity contribution in [1.29, 1.82) is 0 Å². The second kappa shape index (κ2) is 6.91. The molecule has 2 amide bonds. The Bertz CT molecular complexity index is 604. The van der Waals surface area contributed by atoms with Crippen LogP contribution in [0.4, 0.5) is 4.39 Å². The molecular weight excluding hydrogens is 315 g/mol. The Morgan fingerprint density at radius 2 is 2.04 bits per heavy atom. The minimum Gasteiger partial charge on any atom is -0.341 e. The van der Waals surface area contributed by atoms with E-state index in [0.29, 0.717) is 18.4 Å². The first-order chi connectivity index (χ1) is 11.1. The van der Waals surface area contributed by atoms with Gasteiger partial charge >= 0.3 is 0 Å². The van der Waals surface area contributed by atoms with Crippen LogP contribution in [-0.2, 0) is 9.59 Å². The molecule has 3 rings (SSSR count). The molecule has 2 saturated heterocycles. The lowest BCUT2D eigenvalue weighted by Crippen LogP contribution is -2.49. The van der Waals surface area contributed by atoms with Crippen molar-refractivity contribution in [3.05, 3.63) is 35.6 Å². The van der Waals surface area contributed by atoms with Crippen LogP contribution in [0.1, 0.15) is 24.4 Å². The molecule has 0 spiro atoms. The Balaban J connectivity index is 1.89. The van der Waals surface area contributed by atoms with Crippen LogP contribution in [-0.4, -0.2) is 53.3 Å². The van der Waals surface area contributed by atoms with Gasteiger partial charge in [-0.3, -0.25) is 9.59 Å². The van der Waals surface area contributed by atoms with E-state index in [2.05, 4.69) is 0 Å². The number of hydrogen-bond donors (Lipinski definition) is 0. The summed E-state index contributed by atoms with van der Waals surface area (Å²) in [4.78, 5) is 28.6. The minimum atomic E-state index is -0.381. The van der Waals surface area contributed by atoms with Crippen LogP contribution >= 0.6 is 11.8 Å². The third-order valence-corrected chi connectivity index (χ3v) is 5.63. The van der Waals surface area contributed by atoms with Crippen LogP contribution in [0.3, 0.4) is 0 Å². The van der Waals surface area contributed by atoms with Crippen LogP contribution < -0.4 is 0 Å². The molecule has 0 bridgehead atoms. The summed E-state index contributed by atoms with van der Waals surface area (Å²) in [7, 11) is 1.71. The molecule has 124 valence electrons. The van der Waals surface area contributed by atoms with Crippen LogP contribution in [0.15, 0.2) is 24.3 Å². The number of carbonyl (C=O) groups excluding carboxylic acids is 2. The summed E-state index contributed by atoms with van der Waals surface area (Å²) >= 11 is 1.85. The van der Waals surface area contributed by atoms with Gasteiger partial charge in [-0.05, 0) is 24.1 Å². The number of piperidine rings is 1. The third kappa shape index (κ3) is 3.37. The third-order valence-electron chi connectivity index (χ3n) is 4.69. The van der Waals surface area contributed by atoms with E-state index >= 15 is 0 Å². The maximum absolute atomic E-state index is 13.6. The summed E-state index contributed by atoms with van der Waals surface area (Å²) < 4.78 is 13.6. The van der Waals surface area contributed by atoms with Crippen LogP contribution in [0.25, 0.3) is 0 Å². The first kappa shape index (κ1) is 16.3. The molecule has 0 N–H and O–H groups in total. The number of hydrogen-bond acceptors (Lipinski definition) is 3. The fourth-order valence-corrected chi connectivity index (χ4v) is 4.36. The van der Waals surface area contributed by atoms with Crippen molar-refractivity contribution in [2.75, 3.05) is 31.6 Å². The number of rotatable bonds is 2. The van der Waals surface area contributed by atoms with Crippen molar-refractivity contribution in [3.63, 3.8) is 0 Å². The minimum absolute atomic E-state index is 0.0116. The quantitative estimate of drug-likeness (QED) is 0.832. The smallest absolute Gasteiger partial charge is 0.228 e. The highest BCUT2D eigenvalue weighted by atomic mass is 32.2. The van der Waals surface area contributed by atoms with E-state index in [-0.39, 0.29) is 29.6 Å². The van der Waals surface area contributed by atoms with Crippen LogP contribution in [0.5, 0.6) is 0 Å². The summed E-state index contributed by atoms with van der Waals surface area (Å²) in [6, 6.07) is 5.87. The first-order valence-electron chi connectivity index (χ1n) is 7.95. The number of likely N-dealkylation sites (tertiary alicyclic amines) is 1. The lowest BCUT2D eigenvalue weighted by molar-refractivity contribution is -0.146. The number of benzene rings is 1. The molecule has 0 unspecified atom stereocenters. The largest absolute Gasteiger partial charge is 0.341 e. The van der Waals surface area contributed by atoms with Crippen LogP contribution in [0, 0.1) is 11.7 Å². The first-order valence-corrected chi connectivity index (χ1v) is 9.11. The highest BCUT2D eigenvalue weighted by Crippen LogP contribution is 2.37. The molecule has 0 saturated carbocycles. The molecule has 2 aliphatic heterocycles. The predicted molar refractivity (Wildman–Crippen MR) is 88.5 cm³/mol. The molecule has 2 atom stereocenters. The Morgan fingerprint density at radius 1 is 1.30 bits per heavy atom. The molecule has 0 aliphatic carbocycles. The SMILES string of the molecule is CN1C(=O)CC[C@@H](C(=O)N2CCSCC2)[C@H]1c1cccc(F)c1. The molecule has 0 radical (unpaired) electrons. The van der Waals surface area contributed by atoms with E-state index < -0.39 is 0 Å². The lowest BCUT2D eigenvalue weighted by Gasteiger charge is -2.41. The van der Waals surface area contributed by atoms with Gasteiger partial charge in [-0.2, -0.15) is 11.8 Å². The Labute approximate surface area is 140 Å². The average molecular weight is 336 g/mol. The van der Waals surface area contributed by atoms with Gasteiger partial charge in [0.1, 0.15) is 5.82 Å². The second-order valence-electron chi connectivity index (χ2n) is 6.09. The average Bonchev–Trinajstić information content (AvgIpc) is 2.57. The van der Waals surface area contributed by atoms with Gasteiger partial charge in [0.05, 0.1) is 12.0 Å². The molecule has 0 aromatic heterocycles. The second-order valence-corrected chi connectivity index (χ2v) is 7.31. The molecule has 6 heteroatoms. The fraction of sp³-hybridized carbons (Fsp3) is 0.529. The molecular formula is C17H21FN2O2S. The summed E-state index contributed by atoms with van der Waals surface area (Å²) in [6.07, 6.45) is 0.911. The van der Waals surface area contributed by atoms with Crippen molar-refractivity contribution in [2.45, 2.75) is 18.9 Å². The fourth-order valence-electron chi connectivity index (χ4n) is 3.46. The molecule has 2 aliphatic rings. The Hall–Kier alpha value is -1.56. The zero-order valence-corrected chi connectivity index (χ0v) is 14.0.